The third kappa shape index (κ3) is 4.98. The topological polar surface area (TPSA) is 96.6 Å². The summed E-state index contributed by atoms with van der Waals surface area (Å²) >= 11 is 0. The number of phenolic OH excluding ortho intramolecular Hbond substituents is 1. The molecule has 0 amide bonds. The van der Waals surface area contributed by atoms with Crippen LogP contribution in [0.5, 0.6) is 5.75 Å². The van der Waals surface area contributed by atoms with Crippen molar-refractivity contribution in [2.75, 3.05) is 6.61 Å². The second-order valence-electron chi connectivity index (χ2n) is 9.83. The molecule has 35 heavy (non-hydrogen) atoms. The van der Waals surface area contributed by atoms with Crippen molar-refractivity contribution in [2.45, 2.75) is 70.3 Å². The molecule has 8 heteroatoms. The van der Waals surface area contributed by atoms with Gasteiger partial charge in [0.05, 0.1) is 13.2 Å². The van der Waals surface area contributed by atoms with Crippen molar-refractivity contribution in [3.63, 3.8) is 0 Å². The number of hydrogen-bond donors (Lipinski definition) is 1. The highest BCUT2D eigenvalue weighted by Gasteiger charge is 2.53. The fourth-order valence-electron chi connectivity index (χ4n) is 4.70. The Labute approximate surface area is 203 Å². The normalized spacial score (nSPS) is 26.2. The molecular formula is C27H30O8. The first kappa shape index (κ1) is 24.0. The first-order valence-electron chi connectivity index (χ1n) is 11.7. The summed E-state index contributed by atoms with van der Waals surface area (Å²) in [6.07, 6.45) is -2.41. The van der Waals surface area contributed by atoms with E-state index in [0.29, 0.717) is 12.0 Å². The van der Waals surface area contributed by atoms with E-state index in [9.17, 15) is 9.90 Å². The van der Waals surface area contributed by atoms with Crippen molar-refractivity contribution < 1.29 is 33.2 Å². The lowest BCUT2D eigenvalue weighted by Crippen LogP contribution is -2.41. The van der Waals surface area contributed by atoms with Crippen molar-refractivity contribution in [3.05, 3.63) is 76.3 Å². The quantitative estimate of drug-likeness (QED) is 0.551. The van der Waals surface area contributed by atoms with Crippen LogP contribution in [0.25, 0.3) is 10.8 Å². The Balaban J connectivity index is 1.55. The molecule has 1 aromatic heterocycles. The summed E-state index contributed by atoms with van der Waals surface area (Å²) in [5, 5.41) is 10.8. The van der Waals surface area contributed by atoms with Crippen molar-refractivity contribution in [2.24, 2.45) is 0 Å². The number of phenols is 1. The average molecular weight is 483 g/mol. The summed E-state index contributed by atoms with van der Waals surface area (Å²) in [6.45, 7) is 7.93. The highest BCUT2D eigenvalue weighted by molar-refractivity contribution is 5.86. The maximum atomic E-state index is 12.9. The van der Waals surface area contributed by atoms with Crippen molar-refractivity contribution in [1.29, 1.82) is 0 Å². The van der Waals surface area contributed by atoms with E-state index in [1.165, 1.54) is 6.07 Å². The van der Waals surface area contributed by atoms with E-state index in [4.69, 9.17) is 28.1 Å². The first-order chi connectivity index (χ1) is 16.6. The highest BCUT2D eigenvalue weighted by Crippen LogP contribution is 2.42. The lowest BCUT2D eigenvalue weighted by molar-refractivity contribution is -0.176. The Bertz CT molecular complexity index is 1250. The smallest absolute Gasteiger partial charge is 0.347 e. The summed E-state index contributed by atoms with van der Waals surface area (Å²) in [7, 11) is 0. The van der Waals surface area contributed by atoms with E-state index >= 15 is 0 Å². The second kappa shape index (κ2) is 9.04. The molecule has 2 aromatic carbocycles. The number of hydrogen-bond acceptors (Lipinski definition) is 8. The molecule has 3 heterocycles. The van der Waals surface area contributed by atoms with Crippen LogP contribution in [-0.4, -0.2) is 41.6 Å². The Kier molecular flexibility index (Phi) is 6.19. The van der Waals surface area contributed by atoms with Crippen LogP contribution >= 0.6 is 0 Å². The fraction of sp³-hybridized carbons (Fsp3) is 0.444. The first-order valence-corrected chi connectivity index (χ1v) is 11.7. The van der Waals surface area contributed by atoms with Gasteiger partial charge in [-0.3, -0.25) is 0 Å². The monoisotopic (exact) mass is 482 g/mol. The van der Waals surface area contributed by atoms with Crippen LogP contribution in [0.3, 0.4) is 0 Å². The standard InChI is InChI=1S/C27H30O8/c1-26(2)31-15-20(33-26)23-24(35-27(3,4)34-23)22(30-14-16-9-6-5-7-10-16)19-13-17-11-8-12-18(28)21(17)25(29)32-19/h5-13,20,22-24,28H,14-15H2,1-4H3/t20-,22+,23-,24-/m1/s1. The molecule has 2 aliphatic heterocycles. The van der Waals surface area contributed by atoms with Gasteiger partial charge in [0.1, 0.15) is 41.3 Å². The van der Waals surface area contributed by atoms with Crippen LogP contribution < -0.4 is 5.63 Å². The van der Waals surface area contributed by atoms with E-state index in [1.54, 1.807) is 18.2 Å². The predicted octanol–water partition coefficient (Wildman–Crippen LogP) is 4.43. The maximum Gasteiger partial charge on any atom is 0.347 e. The van der Waals surface area contributed by atoms with Gasteiger partial charge in [0.15, 0.2) is 11.6 Å². The predicted molar refractivity (Wildman–Crippen MR) is 127 cm³/mol. The van der Waals surface area contributed by atoms with Gasteiger partial charge in [0.25, 0.3) is 0 Å². The Morgan fingerprint density at radius 2 is 1.77 bits per heavy atom. The molecule has 2 aliphatic rings. The number of ether oxygens (including phenoxy) is 5. The van der Waals surface area contributed by atoms with Crippen LogP contribution in [0.1, 0.15) is 45.1 Å². The Hall–Kier alpha value is -2.75. The number of benzene rings is 2. The van der Waals surface area contributed by atoms with Crippen LogP contribution in [0, 0.1) is 0 Å². The van der Waals surface area contributed by atoms with Crippen molar-refractivity contribution in [3.8, 4) is 5.75 Å². The minimum atomic E-state index is -0.921. The summed E-state index contributed by atoms with van der Waals surface area (Å²) in [4.78, 5) is 12.9. The van der Waals surface area contributed by atoms with Crippen LogP contribution in [-0.2, 0) is 30.3 Å². The average Bonchev–Trinajstić information content (AvgIpc) is 3.32. The van der Waals surface area contributed by atoms with E-state index in [1.807, 2.05) is 58.0 Å². The molecule has 0 aliphatic carbocycles. The summed E-state index contributed by atoms with van der Waals surface area (Å²) in [5.74, 6) is -1.53. The SMILES string of the molecule is CC1(C)O[C@H]([C@H]2COC(C)(C)O2)[C@@H]([C@@H](OCc2ccccc2)c2cc3cccc(O)c3c(=O)o2)O1. The molecule has 1 N–H and O–H groups in total. The molecule has 2 fully saturated rings. The molecule has 0 spiro atoms. The molecule has 0 bridgehead atoms. The van der Waals surface area contributed by atoms with Crippen LogP contribution in [0.4, 0.5) is 0 Å². The minimum absolute atomic E-state index is 0.118. The molecule has 0 unspecified atom stereocenters. The zero-order chi connectivity index (χ0) is 24.8. The van der Waals surface area contributed by atoms with Gasteiger partial charge in [-0.15, -0.1) is 0 Å². The van der Waals surface area contributed by atoms with Gasteiger partial charge in [-0.1, -0.05) is 42.5 Å². The Morgan fingerprint density at radius 3 is 2.49 bits per heavy atom. The molecule has 0 radical (unpaired) electrons. The van der Waals surface area contributed by atoms with E-state index in [2.05, 4.69) is 0 Å². The minimum Gasteiger partial charge on any atom is -0.507 e. The lowest BCUT2D eigenvalue weighted by Gasteiger charge is -2.28. The van der Waals surface area contributed by atoms with Gasteiger partial charge < -0.3 is 33.2 Å². The summed E-state index contributed by atoms with van der Waals surface area (Å²) in [6, 6.07) is 16.3. The van der Waals surface area contributed by atoms with Crippen molar-refractivity contribution >= 4 is 10.8 Å². The van der Waals surface area contributed by atoms with Gasteiger partial charge in [0.2, 0.25) is 0 Å². The van der Waals surface area contributed by atoms with Gasteiger partial charge in [-0.05, 0) is 50.8 Å². The van der Waals surface area contributed by atoms with Gasteiger partial charge in [-0.25, -0.2) is 4.79 Å². The van der Waals surface area contributed by atoms with Gasteiger partial charge in [0, 0.05) is 0 Å². The molecule has 0 saturated carbocycles. The summed E-state index contributed by atoms with van der Waals surface area (Å²) in [5.41, 5.74) is 0.301. The van der Waals surface area contributed by atoms with Gasteiger partial charge in [-0.2, -0.15) is 0 Å². The molecule has 186 valence electrons. The number of aromatic hydroxyl groups is 1. The Morgan fingerprint density at radius 1 is 1.00 bits per heavy atom. The third-order valence-electron chi connectivity index (χ3n) is 6.20. The van der Waals surface area contributed by atoms with E-state index in [0.717, 1.165) is 5.56 Å². The van der Waals surface area contributed by atoms with E-state index in [-0.39, 0.29) is 23.5 Å². The molecule has 4 atom stereocenters. The zero-order valence-electron chi connectivity index (χ0n) is 20.2. The highest BCUT2D eigenvalue weighted by atomic mass is 16.8. The molecule has 5 rings (SSSR count). The third-order valence-corrected chi connectivity index (χ3v) is 6.20. The number of rotatable bonds is 6. The molecule has 8 nitrogen and oxygen atoms in total. The number of fused-ring (bicyclic) bond motifs is 1. The summed E-state index contributed by atoms with van der Waals surface area (Å²) < 4.78 is 36.6. The van der Waals surface area contributed by atoms with Gasteiger partial charge >= 0.3 is 5.63 Å². The second-order valence-corrected chi connectivity index (χ2v) is 9.83. The van der Waals surface area contributed by atoms with E-state index < -0.39 is 41.6 Å². The molecular weight excluding hydrogens is 452 g/mol. The maximum absolute atomic E-state index is 12.9. The molecule has 2 saturated heterocycles. The van der Waals surface area contributed by atoms with Crippen molar-refractivity contribution in [1.82, 2.24) is 0 Å². The van der Waals surface area contributed by atoms with Crippen LogP contribution in [0.15, 0.2) is 63.8 Å². The van der Waals surface area contributed by atoms with Crippen LogP contribution in [0.2, 0.25) is 0 Å². The largest absolute Gasteiger partial charge is 0.507 e. The lowest BCUT2D eigenvalue weighted by atomic mass is 10.00. The fourth-order valence-corrected chi connectivity index (χ4v) is 4.70. The molecule has 3 aromatic rings. The zero-order valence-corrected chi connectivity index (χ0v) is 20.2.